The second kappa shape index (κ2) is 9.53. The summed E-state index contributed by atoms with van der Waals surface area (Å²) >= 11 is 0. The summed E-state index contributed by atoms with van der Waals surface area (Å²) in [7, 11) is 1.65. The predicted octanol–water partition coefficient (Wildman–Crippen LogP) is 2.28. The van der Waals surface area contributed by atoms with Gasteiger partial charge in [-0.25, -0.2) is 0 Å². The maximum Gasteiger partial charge on any atom is 0.308 e. The molecule has 1 aromatic carbocycles. The van der Waals surface area contributed by atoms with Gasteiger partial charge in [0.05, 0.1) is 12.5 Å². The summed E-state index contributed by atoms with van der Waals surface area (Å²) in [4.78, 5) is 39.8. The first kappa shape index (κ1) is 20.9. The van der Waals surface area contributed by atoms with Gasteiger partial charge in [0.25, 0.3) is 0 Å². The fourth-order valence-corrected chi connectivity index (χ4v) is 3.55. The van der Waals surface area contributed by atoms with Crippen molar-refractivity contribution < 1.29 is 19.5 Å². The fraction of sp³-hybridized carbons (Fsp3) is 0.571. The summed E-state index contributed by atoms with van der Waals surface area (Å²) < 4.78 is 0. The molecule has 1 aliphatic rings. The number of benzene rings is 1. The van der Waals surface area contributed by atoms with E-state index in [0.29, 0.717) is 25.8 Å². The van der Waals surface area contributed by atoms with Gasteiger partial charge < -0.3 is 14.9 Å². The Morgan fingerprint density at radius 1 is 1.22 bits per heavy atom. The van der Waals surface area contributed by atoms with Crippen LogP contribution < -0.4 is 0 Å². The SMILES string of the molecule is CC(C)C(Cc1ccccc1)C(=O)N(C)CC(=O)N1CCCC(C(=O)O)C1. The molecule has 1 aromatic rings. The highest BCUT2D eigenvalue weighted by atomic mass is 16.4. The lowest BCUT2D eigenvalue weighted by Crippen LogP contribution is -2.48. The van der Waals surface area contributed by atoms with Gasteiger partial charge in [0, 0.05) is 26.1 Å². The molecule has 2 atom stereocenters. The zero-order valence-corrected chi connectivity index (χ0v) is 16.4. The van der Waals surface area contributed by atoms with Gasteiger partial charge >= 0.3 is 5.97 Å². The van der Waals surface area contributed by atoms with Gasteiger partial charge in [-0.2, -0.15) is 0 Å². The Morgan fingerprint density at radius 3 is 2.48 bits per heavy atom. The molecule has 0 spiro atoms. The highest BCUT2D eigenvalue weighted by Crippen LogP contribution is 2.21. The first-order valence-electron chi connectivity index (χ1n) is 9.59. The number of likely N-dealkylation sites (tertiary alicyclic amines) is 1. The van der Waals surface area contributed by atoms with Crippen LogP contribution in [0.2, 0.25) is 0 Å². The monoisotopic (exact) mass is 374 g/mol. The summed E-state index contributed by atoms with van der Waals surface area (Å²) in [5.74, 6) is -1.64. The number of carbonyl (C=O) groups excluding carboxylic acids is 2. The normalized spacial score (nSPS) is 18.2. The van der Waals surface area contributed by atoms with Crippen LogP contribution in [0.4, 0.5) is 0 Å². The molecule has 0 saturated carbocycles. The Labute approximate surface area is 161 Å². The van der Waals surface area contributed by atoms with Crippen LogP contribution in [0.1, 0.15) is 32.3 Å². The molecule has 6 nitrogen and oxygen atoms in total. The van der Waals surface area contributed by atoms with Crippen LogP contribution in [0.15, 0.2) is 30.3 Å². The maximum absolute atomic E-state index is 12.9. The lowest BCUT2D eigenvalue weighted by atomic mass is 9.88. The summed E-state index contributed by atoms with van der Waals surface area (Å²) in [5.41, 5.74) is 1.10. The first-order chi connectivity index (χ1) is 12.8. The average molecular weight is 374 g/mol. The van der Waals surface area contributed by atoms with Crippen LogP contribution in [0.3, 0.4) is 0 Å². The van der Waals surface area contributed by atoms with Crippen molar-refractivity contribution in [2.24, 2.45) is 17.8 Å². The van der Waals surface area contributed by atoms with E-state index in [2.05, 4.69) is 0 Å². The molecule has 0 aromatic heterocycles. The molecule has 1 heterocycles. The molecule has 1 fully saturated rings. The van der Waals surface area contributed by atoms with Gasteiger partial charge in [-0.15, -0.1) is 0 Å². The quantitative estimate of drug-likeness (QED) is 0.794. The Bertz CT molecular complexity index is 659. The molecule has 6 heteroatoms. The van der Waals surface area contributed by atoms with Crippen molar-refractivity contribution in [1.82, 2.24) is 9.80 Å². The number of likely N-dealkylation sites (N-methyl/N-ethyl adjacent to an activating group) is 1. The van der Waals surface area contributed by atoms with Crippen molar-refractivity contribution in [1.29, 1.82) is 0 Å². The summed E-state index contributed by atoms with van der Waals surface area (Å²) in [6.07, 6.45) is 1.92. The van der Waals surface area contributed by atoms with E-state index >= 15 is 0 Å². The number of carboxylic acid groups (broad SMARTS) is 1. The Kier molecular flexibility index (Phi) is 7.39. The second-order valence-corrected chi connectivity index (χ2v) is 7.75. The van der Waals surface area contributed by atoms with Crippen LogP contribution in [-0.2, 0) is 20.8 Å². The lowest BCUT2D eigenvalue weighted by molar-refractivity contribution is -0.148. The van der Waals surface area contributed by atoms with Crippen LogP contribution in [-0.4, -0.2) is 59.4 Å². The van der Waals surface area contributed by atoms with Gasteiger partial charge in [0.2, 0.25) is 11.8 Å². The molecule has 2 amide bonds. The van der Waals surface area contributed by atoms with Crippen molar-refractivity contribution in [2.45, 2.75) is 33.1 Å². The Morgan fingerprint density at radius 2 is 1.89 bits per heavy atom. The fourth-order valence-electron chi connectivity index (χ4n) is 3.55. The number of nitrogens with zero attached hydrogens (tertiary/aromatic N) is 2. The molecular formula is C21H30N2O4. The summed E-state index contributed by atoms with van der Waals surface area (Å²) in [6, 6.07) is 9.88. The number of aliphatic carboxylic acids is 1. The number of hydrogen-bond donors (Lipinski definition) is 1. The van der Waals surface area contributed by atoms with Crippen molar-refractivity contribution in [3.05, 3.63) is 35.9 Å². The van der Waals surface area contributed by atoms with Crippen LogP contribution in [0, 0.1) is 17.8 Å². The molecule has 0 bridgehead atoms. The number of rotatable bonds is 7. The van der Waals surface area contributed by atoms with Crippen molar-refractivity contribution in [2.75, 3.05) is 26.7 Å². The molecule has 0 aliphatic carbocycles. The number of carbonyl (C=O) groups is 3. The molecule has 148 valence electrons. The van der Waals surface area contributed by atoms with Gasteiger partial charge in [-0.3, -0.25) is 14.4 Å². The van der Waals surface area contributed by atoms with E-state index in [0.717, 1.165) is 5.56 Å². The van der Waals surface area contributed by atoms with Crippen LogP contribution >= 0.6 is 0 Å². The van der Waals surface area contributed by atoms with E-state index in [9.17, 15) is 19.5 Å². The summed E-state index contributed by atoms with van der Waals surface area (Å²) in [5, 5.41) is 9.18. The van der Waals surface area contributed by atoms with E-state index in [-0.39, 0.29) is 36.7 Å². The predicted molar refractivity (Wildman–Crippen MR) is 103 cm³/mol. The van der Waals surface area contributed by atoms with Gasteiger partial charge in [0.15, 0.2) is 0 Å². The smallest absolute Gasteiger partial charge is 0.308 e. The van der Waals surface area contributed by atoms with Crippen molar-refractivity contribution >= 4 is 17.8 Å². The topological polar surface area (TPSA) is 77.9 Å². The minimum absolute atomic E-state index is 0.0107. The molecule has 1 N–H and O–H groups in total. The molecule has 1 aliphatic heterocycles. The van der Waals surface area contributed by atoms with Crippen LogP contribution in [0.5, 0.6) is 0 Å². The minimum Gasteiger partial charge on any atom is -0.481 e. The first-order valence-corrected chi connectivity index (χ1v) is 9.59. The van der Waals surface area contributed by atoms with Crippen molar-refractivity contribution in [3.8, 4) is 0 Å². The molecule has 2 rings (SSSR count). The number of amides is 2. The van der Waals surface area contributed by atoms with Gasteiger partial charge in [-0.1, -0.05) is 44.2 Å². The third-order valence-corrected chi connectivity index (χ3v) is 5.29. The largest absolute Gasteiger partial charge is 0.481 e. The minimum atomic E-state index is -0.861. The molecular weight excluding hydrogens is 344 g/mol. The third-order valence-electron chi connectivity index (χ3n) is 5.29. The highest BCUT2D eigenvalue weighted by molar-refractivity contribution is 5.86. The standard InChI is InChI=1S/C21H30N2O4/c1-15(2)18(12-16-8-5-4-6-9-16)20(25)22(3)14-19(24)23-11-7-10-17(13-23)21(26)27/h4-6,8-9,15,17-18H,7,10-14H2,1-3H3,(H,26,27). The lowest BCUT2D eigenvalue weighted by Gasteiger charge is -2.33. The van der Waals surface area contributed by atoms with E-state index < -0.39 is 11.9 Å². The van der Waals surface area contributed by atoms with Gasteiger partial charge in [0.1, 0.15) is 0 Å². The highest BCUT2D eigenvalue weighted by Gasteiger charge is 2.31. The zero-order chi connectivity index (χ0) is 20.0. The van der Waals surface area contributed by atoms with E-state index in [1.54, 1.807) is 11.9 Å². The van der Waals surface area contributed by atoms with E-state index in [1.165, 1.54) is 4.90 Å². The second-order valence-electron chi connectivity index (χ2n) is 7.75. The number of piperidine rings is 1. The molecule has 2 unspecified atom stereocenters. The number of hydrogen-bond acceptors (Lipinski definition) is 3. The van der Waals surface area contributed by atoms with E-state index in [1.807, 2.05) is 44.2 Å². The molecule has 1 saturated heterocycles. The van der Waals surface area contributed by atoms with Gasteiger partial charge in [-0.05, 0) is 30.7 Å². The average Bonchev–Trinajstić information content (AvgIpc) is 2.66. The van der Waals surface area contributed by atoms with E-state index in [4.69, 9.17) is 0 Å². The maximum atomic E-state index is 12.9. The molecule has 0 radical (unpaired) electrons. The van der Waals surface area contributed by atoms with Crippen molar-refractivity contribution in [3.63, 3.8) is 0 Å². The number of carboxylic acids is 1. The van der Waals surface area contributed by atoms with Crippen LogP contribution in [0.25, 0.3) is 0 Å². The third kappa shape index (κ3) is 5.81. The Hall–Kier alpha value is -2.37. The zero-order valence-electron chi connectivity index (χ0n) is 16.4. The Balaban J connectivity index is 1.97. The molecule has 27 heavy (non-hydrogen) atoms. The summed E-state index contributed by atoms with van der Waals surface area (Å²) in [6.45, 7) is 4.81.